The topological polar surface area (TPSA) is 95.6 Å². The van der Waals surface area contributed by atoms with E-state index in [2.05, 4.69) is 5.43 Å². The number of hydrogen-bond donors (Lipinski definition) is 4. The van der Waals surface area contributed by atoms with Gasteiger partial charge in [0.1, 0.15) is 0 Å². The number of aliphatic hydroxyl groups excluding tert-OH is 1. The van der Waals surface area contributed by atoms with Gasteiger partial charge in [-0.3, -0.25) is 5.84 Å². The van der Waals surface area contributed by atoms with Gasteiger partial charge in [0.05, 0.1) is 0 Å². The second-order valence-electron chi connectivity index (χ2n) is 2.62. The number of nitrogens with two attached hydrogens (primary N) is 1. The van der Waals surface area contributed by atoms with Gasteiger partial charge in [-0.1, -0.05) is 17.7 Å². The summed E-state index contributed by atoms with van der Waals surface area (Å²) in [6.07, 6.45) is -1.62. The number of hydrazine groups is 1. The van der Waals surface area contributed by atoms with Crippen LogP contribution < -0.4 is 11.3 Å². The molecule has 0 radical (unpaired) electrons. The van der Waals surface area contributed by atoms with Crippen LogP contribution in [-0.2, 0) is 4.79 Å². The highest BCUT2D eigenvalue weighted by atomic mass is 35.5. The van der Waals surface area contributed by atoms with Crippen LogP contribution in [0.4, 0.5) is 5.69 Å². The van der Waals surface area contributed by atoms with E-state index < -0.39 is 12.1 Å². The van der Waals surface area contributed by atoms with Crippen molar-refractivity contribution >= 4 is 23.3 Å². The fraction of sp³-hybridized carbons (Fsp3) is 0.125. The highest BCUT2D eigenvalue weighted by Crippen LogP contribution is 2.25. The molecule has 0 aliphatic heterocycles. The molecule has 0 saturated heterocycles. The maximum absolute atomic E-state index is 10.5. The molecule has 0 saturated carbocycles. The van der Waals surface area contributed by atoms with Crippen molar-refractivity contribution in [2.24, 2.45) is 5.84 Å². The Bertz CT molecular complexity index is 356. The number of rotatable bonds is 3. The number of aliphatic carboxylic acids is 1. The number of carboxylic acid groups (broad SMARTS) is 1. The van der Waals surface area contributed by atoms with Crippen molar-refractivity contribution in [3.63, 3.8) is 0 Å². The average Bonchev–Trinajstić information content (AvgIpc) is 2.16. The van der Waals surface area contributed by atoms with E-state index in [1.165, 1.54) is 18.2 Å². The van der Waals surface area contributed by atoms with Gasteiger partial charge in [0.2, 0.25) is 0 Å². The summed E-state index contributed by atoms with van der Waals surface area (Å²) >= 11 is 5.73. The summed E-state index contributed by atoms with van der Waals surface area (Å²) in [4.78, 5) is 10.5. The lowest BCUT2D eigenvalue weighted by Crippen LogP contribution is -2.12. The largest absolute Gasteiger partial charge is 0.479 e. The predicted octanol–water partition coefficient (Wildman–Crippen LogP) is 0.744. The molecule has 0 bridgehead atoms. The van der Waals surface area contributed by atoms with Gasteiger partial charge in [0.25, 0.3) is 0 Å². The van der Waals surface area contributed by atoms with E-state index in [1.54, 1.807) is 0 Å². The first-order valence-corrected chi connectivity index (χ1v) is 4.11. The van der Waals surface area contributed by atoms with Crippen molar-refractivity contribution in [3.05, 3.63) is 28.8 Å². The van der Waals surface area contributed by atoms with Crippen LogP contribution in [0.15, 0.2) is 18.2 Å². The zero-order valence-electron chi connectivity index (χ0n) is 7.07. The molecule has 1 rings (SSSR count). The summed E-state index contributed by atoms with van der Waals surface area (Å²) in [7, 11) is 0. The van der Waals surface area contributed by atoms with Crippen molar-refractivity contribution < 1.29 is 15.0 Å². The molecule has 0 amide bonds. The third-order valence-corrected chi connectivity index (χ3v) is 2.02. The number of carboxylic acids is 1. The number of nitrogen functional groups attached to an aromatic ring is 1. The lowest BCUT2D eigenvalue weighted by atomic mass is 10.1. The molecule has 0 aromatic heterocycles. The van der Waals surface area contributed by atoms with Gasteiger partial charge in [0.15, 0.2) is 6.10 Å². The molecule has 14 heavy (non-hydrogen) atoms. The fourth-order valence-corrected chi connectivity index (χ4v) is 1.26. The van der Waals surface area contributed by atoms with Gasteiger partial charge in [-0.05, 0) is 12.1 Å². The molecule has 1 unspecified atom stereocenters. The van der Waals surface area contributed by atoms with Crippen molar-refractivity contribution in [2.75, 3.05) is 5.43 Å². The second-order valence-corrected chi connectivity index (χ2v) is 3.03. The van der Waals surface area contributed by atoms with E-state index in [-0.39, 0.29) is 10.6 Å². The molecule has 0 heterocycles. The van der Waals surface area contributed by atoms with Crippen LogP contribution in [0.5, 0.6) is 0 Å². The molecule has 0 aliphatic carbocycles. The molecule has 5 N–H and O–H groups in total. The van der Waals surface area contributed by atoms with Crippen molar-refractivity contribution in [1.82, 2.24) is 0 Å². The molecule has 5 nitrogen and oxygen atoms in total. The molecular formula is C8H9ClN2O3. The average molecular weight is 217 g/mol. The fourth-order valence-electron chi connectivity index (χ4n) is 0.972. The third-order valence-electron chi connectivity index (χ3n) is 1.70. The zero-order valence-corrected chi connectivity index (χ0v) is 7.82. The standard InChI is InChI=1S/C8H9ClN2O3/c9-6-3-4(11-10)1-2-5(6)7(12)8(13)14/h1-3,7,11-12H,10H2,(H,13,14). The van der Waals surface area contributed by atoms with E-state index >= 15 is 0 Å². The summed E-state index contributed by atoms with van der Waals surface area (Å²) in [5.41, 5.74) is 3.03. The van der Waals surface area contributed by atoms with Crippen LogP contribution in [0.1, 0.15) is 11.7 Å². The Balaban J connectivity index is 3.05. The molecule has 0 aliphatic rings. The van der Waals surface area contributed by atoms with E-state index in [0.717, 1.165) is 0 Å². The Morgan fingerprint density at radius 3 is 2.64 bits per heavy atom. The molecule has 6 heteroatoms. The number of halogens is 1. The maximum Gasteiger partial charge on any atom is 0.337 e. The summed E-state index contributed by atoms with van der Waals surface area (Å²) < 4.78 is 0. The van der Waals surface area contributed by atoms with Crippen LogP contribution in [0.2, 0.25) is 5.02 Å². The smallest absolute Gasteiger partial charge is 0.337 e. The predicted molar refractivity (Wildman–Crippen MR) is 51.9 cm³/mol. The van der Waals surface area contributed by atoms with Crippen LogP contribution in [0, 0.1) is 0 Å². The Kier molecular flexibility index (Phi) is 3.29. The molecule has 0 spiro atoms. The minimum Gasteiger partial charge on any atom is -0.479 e. The van der Waals surface area contributed by atoms with Crippen LogP contribution in [0.25, 0.3) is 0 Å². The van der Waals surface area contributed by atoms with E-state index in [9.17, 15) is 9.90 Å². The van der Waals surface area contributed by atoms with Gasteiger partial charge >= 0.3 is 5.97 Å². The highest BCUT2D eigenvalue weighted by Gasteiger charge is 2.18. The minimum atomic E-state index is -1.62. The highest BCUT2D eigenvalue weighted by molar-refractivity contribution is 6.31. The molecule has 0 fully saturated rings. The third kappa shape index (κ3) is 2.14. The Labute approximate surface area is 85.1 Å². The quantitative estimate of drug-likeness (QED) is 0.442. The monoisotopic (exact) mass is 216 g/mol. The minimum absolute atomic E-state index is 0.137. The zero-order chi connectivity index (χ0) is 10.7. The maximum atomic E-state index is 10.5. The van der Waals surface area contributed by atoms with Gasteiger partial charge in [-0.15, -0.1) is 0 Å². The Morgan fingerprint density at radius 2 is 2.21 bits per heavy atom. The van der Waals surface area contributed by atoms with E-state index in [1.807, 2.05) is 0 Å². The van der Waals surface area contributed by atoms with E-state index in [0.29, 0.717) is 5.69 Å². The molecule has 76 valence electrons. The first kappa shape index (κ1) is 10.8. The molecule has 1 aromatic carbocycles. The van der Waals surface area contributed by atoms with Crippen molar-refractivity contribution in [3.8, 4) is 0 Å². The lowest BCUT2D eigenvalue weighted by molar-refractivity contribution is -0.146. The molecule has 1 atom stereocenters. The summed E-state index contributed by atoms with van der Waals surface area (Å²) in [6.45, 7) is 0. The lowest BCUT2D eigenvalue weighted by Gasteiger charge is -2.09. The number of carbonyl (C=O) groups is 1. The Morgan fingerprint density at radius 1 is 1.57 bits per heavy atom. The summed E-state index contributed by atoms with van der Waals surface area (Å²) in [5, 5.41) is 17.9. The van der Waals surface area contributed by atoms with Crippen LogP contribution in [-0.4, -0.2) is 16.2 Å². The van der Waals surface area contributed by atoms with Crippen LogP contribution in [0.3, 0.4) is 0 Å². The number of benzene rings is 1. The van der Waals surface area contributed by atoms with Gasteiger partial charge in [0, 0.05) is 16.3 Å². The SMILES string of the molecule is NNc1ccc(C(O)C(=O)O)c(Cl)c1. The van der Waals surface area contributed by atoms with Gasteiger partial charge in [-0.25, -0.2) is 4.79 Å². The number of hydrogen-bond acceptors (Lipinski definition) is 4. The summed E-state index contributed by atoms with van der Waals surface area (Å²) in [6, 6.07) is 4.35. The van der Waals surface area contributed by atoms with Gasteiger partial charge < -0.3 is 15.6 Å². The van der Waals surface area contributed by atoms with E-state index in [4.69, 9.17) is 22.6 Å². The van der Waals surface area contributed by atoms with Crippen molar-refractivity contribution in [1.29, 1.82) is 0 Å². The number of nitrogens with one attached hydrogen (secondary N) is 1. The molecular weight excluding hydrogens is 208 g/mol. The normalized spacial score (nSPS) is 12.2. The number of aliphatic hydroxyl groups is 1. The first-order valence-electron chi connectivity index (χ1n) is 3.73. The van der Waals surface area contributed by atoms with Gasteiger partial charge in [-0.2, -0.15) is 0 Å². The number of anilines is 1. The Hall–Kier alpha value is -1.30. The van der Waals surface area contributed by atoms with Crippen LogP contribution >= 0.6 is 11.6 Å². The van der Waals surface area contributed by atoms with Crippen molar-refractivity contribution in [2.45, 2.75) is 6.10 Å². The molecule has 1 aromatic rings. The first-order chi connectivity index (χ1) is 6.56. The summed E-state index contributed by atoms with van der Waals surface area (Å²) in [5.74, 6) is 3.77. The second kappa shape index (κ2) is 4.28.